The van der Waals surface area contributed by atoms with Gasteiger partial charge in [-0.15, -0.1) is 0 Å². The number of anilines is 1. The molecule has 5 aliphatic rings. The van der Waals surface area contributed by atoms with E-state index in [1.165, 1.54) is 0 Å². The maximum absolute atomic E-state index is 13.0. The molecule has 1 unspecified atom stereocenters. The lowest BCUT2D eigenvalue weighted by Crippen LogP contribution is -2.56. The molecule has 0 bridgehead atoms. The first-order valence-electron chi connectivity index (χ1n) is 15.3. The van der Waals surface area contributed by atoms with Gasteiger partial charge >= 0.3 is 6.09 Å². The highest BCUT2D eigenvalue weighted by molar-refractivity contribution is 6.05. The highest BCUT2D eigenvalue weighted by atomic mass is 16.6. The summed E-state index contributed by atoms with van der Waals surface area (Å²) in [6.07, 6.45) is 4.63. The number of carbonyl (C=O) groups excluding carboxylic acids is 4. The minimum atomic E-state index is -0.628. The summed E-state index contributed by atoms with van der Waals surface area (Å²) in [5, 5.41) is 2.34. The number of ether oxygens (including phenoxy) is 2. The molecule has 12 nitrogen and oxygen atoms in total. The molecule has 1 saturated carbocycles. The van der Waals surface area contributed by atoms with Crippen molar-refractivity contribution in [3.63, 3.8) is 0 Å². The Kier molecular flexibility index (Phi) is 7.86. The summed E-state index contributed by atoms with van der Waals surface area (Å²) in [7, 11) is 0. The zero-order valence-electron chi connectivity index (χ0n) is 24.8. The number of piperazine rings is 1. The molecule has 0 radical (unpaired) electrons. The Balaban J connectivity index is 0.931. The van der Waals surface area contributed by atoms with Crippen LogP contribution in [0.2, 0.25) is 0 Å². The van der Waals surface area contributed by atoms with Crippen LogP contribution in [0.1, 0.15) is 75.3 Å². The van der Waals surface area contributed by atoms with Gasteiger partial charge in [-0.3, -0.25) is 24.6 Å². The van der Waals surface area contributed by atoms with E-state index >= 15 is 0 Å². The topological polar surface area (TPSA) is 125 Å². The summed E-state index contributed by atoms with van der Waals surface area (Å²) >= 11 is 0. The Morgan fingerprint density at radius 1 is 0.952 bits per heavy atom. The number of carbonyl (C=O) groups is 4. The molecule has 1 aromatic rings. The summed E-state index contributed by atoms with van der Waals surface area (Å²) in [5.74, 6) is -0.0316. The Bertz CT molecular complexity index is 1230. The highest BCUT2D eigenvalue weighted by Gasteiger charge is 2.41. The molecule has 12 heteroatoms. The van der Waals surface area contributed by atoms with Crippen molar-refractivity contribution in [2.75, 3.05) is 44.2 Å². The van der Waals surface area contributed by atoms with Crippen LogP contribution in [0.3, 0.4) is 0 Å². The van der Waals surface area contributed by atoms with E-state index in [1.54, 1.807) is 9.80 Å². The zero-order valence-corrected chi connectivity index (χ0v) is 24.8. The van der Waals surface area contributed by atoms with Crippen molar-refractivity contribution in [1.82, 2.24) is 25.0 Å². The molecule has 1 atom stereocenters. The monoisotopic (exact) mass is 582 g/mol. The molecule has 3 saturated heterocycles. The maximum Gasteiger partial charge on any atom is 0.410 e. The van der Waals surface area contributed by atoms with Crippen molar-refractivity contribution < 1.29 is 28.7 Å². The van der Waals surface area contributed by atoms with Crippen LogP contribution in [-0.2, 0) is 25.6 Å². The van der Waals surface area contributed by atoms with E-state index in [1.807, 2.05) is 32.9 Å². The first kappa shape index (κ1) is 28.9. The zero-order chi connectivity index (χ0) is 29.6. The first-order chi connectivity index (χ1) is 20.0. The molecular weight excluding hydrogens is 540 g/mol. The van der Waals surface area contributed by atoms with Gasteiger partial charge in [0.1, 0.15) is 17.5 Å². The smallest absolute Gasteiger partial charge is 0.410 e. The highest BCUT2D eigenvalue weighted by Crippen LogP contribution is 2.33. The van der Waals surface area contributed by atoms with E-state index in [-0.39, 0.29) is 43.1 Å². The van der Waals surface area contributed by atoms with Gasteiger partial charge in [-0.2, -0.15) is 0 Å². The van der Waals surface area contributed by atoms with Crippen LogP contribution in [-0.4, -0.2) is 113 Å². The normalized spacial score (nSPS) is 27.5. The second-order valence-electron chi connectivity index (χ2n) is 13.1. The summed E-state index contributed by atoms with van der Waals surface area (Å²) in [6, 6.07) is 3.63. The quantitative estimate of drug-likeness (QED) is 0.519. The summed E-state index contributed by atoms with van der Waals surface area (Å²) in [4.78, 5) is 62.1. The molecule has 42 heavy (non-hydrogen) atoms. The third-order valence-electron chi connectivity index (χ3n) is 9.06. The minimum Gasteiger partial charge on any atom is -0.444 e. The van der Waals surface area contributed by atoms with Gasteiger partial charge in [0.2, 0.25) is 11.8 Å². The van der Waals surface area contributed by atoms with Crippen LogP contribution in [0.5, 0.6) is 0 Å². The number of pyridine rings is 1. The lowest BCUT2D eigenvalue weighted by atomic mass is 9.87. The second kappa shape index (κ2) is 11.4. The molecule has 1 aliphatic carbocycles. The fourth-order valence-electron chi connectivity index (χ4n) is 6.64. The van der Waals surface area contributed by atoms with E-state index in [0.29, 0.717) is 36.8 Å². The molecule has 1 aromatic heterocycles. The molecule has 4 aliphatic heterocycles. The number of imide groups is 1. The van der Waals surface area contributed by atoms with Gasteiger partial charge in [-0.1, -0.05) is 0 Å². The van der Waals surface area contributed by atoms with Crippen LogP contribution in [0, 0.1) is 0 Å². The molecule has 1 N–H and O–H groups in total. The predicted octanol–water partition coefficient (Wildman–Crippen LogP) is 1.91. The summed E-state index contributed by atoms with van der Waals surface area (Å²) in [6.45, 7) is 10.9. The maximum atomic E-state index is 13.0. The number of nitrogens with zero attached hydrogens (tertiary/aromatic N) is 5. The van der Waals surface area contributed by atoms with Crippen molar-refractivity contribution in [3.05, 3.63) is 23.4 Å². The van der Waals surface area contributed by atoms with Crippen LogP contribution in [0.25, 0.3) is 0 Å². The van der Waals surface area contributed by atoms with Crippen LogP contribution in [0.15, 0.2) is 12.1 Å². The van der Waals surface area contributed by atoms with E-state index in [0.717, 1.165) is 57.7 Å². The number of fused-ring (bicyclic) bond motifs is 1. The lowest BCUT2D eigenvalue weighted by Gasteiger charge is -2.47. The van der Waals surface area contributed by atoms with Gasteiger partial charge in [-0.25, -0.2) is 9.78 Å². The van der Waals surface area contributed by atoms with E-state index < -0.39 is 17.6 Å². The molecule has 0 aromatic carbocycles. The Morgan fingerprint density at radius 3 is 2.33 bits per heavy atom. The van der Waals surface area contributed by atoms with E-state index in [9.17, 15) is 19.2 Å². The van der Waals surface area contributed by atoms with Crippen molar-refractivity contribution >= 4 is 29.6 Å². The number of nitrogens with one attached hydrogen (secondary N) is 1. The average molecular weight is 583 g/mol. The number of aromatic nitrogens is 1. The lowest BCUT2D eigenvalue weighted by molar-refractivity contribution is -0.136. The van der Waals surface area contributed by atoms with Gasteiger partial charge in [0.05, 0.1) is 30.0 Å². The number of piperidine rings is 2. The molecule has 6 rings (SSSR count). The van der Waals surface area contributed by atoms with Crippen molar-refractivity contribution in [2.45, 2.75) is 95.7 Å². The van der Waals surface area contributed by atoms with Crippen LogP contribution >= 0.6 is 0 Å². The number of rotatable bonds is 5. The fourth-order valence-corrected chi connectivity index (χ4v) is 6.64. The van der Waals surface area contributed by atoms with E-state index in [4.69, 9.17) is 14.5 Å². The molecule has 4 amide bonds. The van der Waals surface area contributed by atoms with Crippen molar-refractivity contribution in [1.29, 1.82) is 0 Å². The van der Waals surface area contributed by atoms with Gasteiger partial charge in [-0.05, 0) is 65.0 Å². The molecular formula is C30H42N6O6. The average Bonchev–Trinajstić information content (AvgIpc) is 3.25. The summed E-state index contributed by atoms with van der Waals surface area (Å²) < 4.78 is 11.9. The Hall–Kier alpha value is -3.25. The Labute approximate surface area is 246 Å². The molecule has 228 valence electrons. The predicted molar refractivity (Wildman–Crippen MR) is 153 cm³/mol. The molecule has 4 fully saturated rings. The van der Waals surface area contributed by atoms with Crippen LogP contribution < -0.4 is 10.2 Å². The third-order valence-corrected chi connectivity index (χ3v) is 9.06. The SMILES string of the molecule is CC(C)(C)OC(=O)N1CCC(O[C@H]2C[C@H](N3CCN(c4ccc5c(n4)CN(C4CCC(=O)NC4=O)C5=O)CC3)C2)CC1. The van der Waals surface area contributed by atoms with Gasteiger partial charge in [0, 0.05) is 51.7 Å². The summed E-state index contributed by atoms with van der Waals surface area (Å²) in [5.41, 5.74) is 0.759. The number of amides is 4. The number of likely N-dealkylation sites (tertiary alicyclic amines) is 1. The van der Waals surface area contributed by atoms with Gasteiger partial charge in [0.15, 0.2) is 0 Å². The minimum absolute atomic E-state index is 0.196. The largest absolute Gasteiger partial charge is 0.444 e. The third kappa shape index (κ3) is 6.10. The van der Waals surface area contributed by atoms with Crippen LogP contribution in [0.4, 0.5) is 10.6 Å². The first-order valence-corrected chi connectivity index (χ1v) is 15.3. The molecule has 5 heterocycles. The number of hydrogen-bond acceptors (Lipinski definition) is 9. The van der Waals surface area contributed by atoms with Gasteiger partial charge in [0.25, 0.3) is 5.91 Å². The number of hydrogen-bond donors (Lipinski definition) is 1. The molecule has 0 spiro atoms. The standard InChI is InChI=1S/C30H42N6O6/c1-30(2,3)42-29(40)35-10-8-20(9-11-35)41-21-16-19(17-21)33-12-14-34(15-13-33)25-6-4-22-23(31-25)18-36(28(22)39)24-5-7-26(37)32-27(24)38/h4,6,19-21,24H,5,7-18H2,1-3H3,(H,32,37,38)/t19-,21-,24?. The second-order valence-corrected chi connectivity index (χ2v) is 13.1. The Morgan fingerprint density at radius 2 is 1.67 bits per heavy atom. The fraction of sp³-hybridized carbons (Fsp3) is 0.700. The van der Waals surface area contributed by atoms with Gasteiger partial charge < -0.3 is 24.2 Å². The van der Waals surface area contributed by atoms with E-state index in [2.05, 4.69) is 15.1 Å². The van der Waals surface area contributed by atoms with Crippen molar-refractivity contribution in [2.24, 2.45) is 0 Å². The van der Waals surface area contributed by atoms with Crippen molar-refractivity contribution in [3.8, 4) is 0 Å².